The Hall–Kier alpha value is -1.53. The molecule has 1 saturated carbocycles. The van der Waals surface area contributed by atoms with E-state index in [0.29, 0.717) is 25.0 Å². The fourth-order valence-corrected chi connectivity index (χ4v) is 2.16. The van der Waals surface area contributed by atoms with E-state index < -0.39 is 5.54 Å². The molecule has 0 spiro atoms. The third-order valence-electron chi connectivity index (χ3n) is 3.76. The van der Waals surface area contributed by atoms with Gasteiger partial charge in [0, 0.05) is 12.5 Å². The van der Waals surface area contributed by atoms with Gasteiger partial charge in [-0.25, -0.2) is 0 Å². The van der Waals surface area contributed by atoms with E-state index in [1.54, 1.807) is 0 Å². The lowest BCUT2D eigenvalue weighted by Crippen LogP contribution is -2.43. The summed E-state index contributed by atoms with van der Waals surface area (Å²) < 4.78 is 5.75. The number of nitriles is 1. The summed E-state index contributed by atoms with van der Waals surface area (Å²) in [5, 5.41) is 12.7. The van der Waals surface area contributed by atoms with Crippen LogP contribution >= 0.6 is 0 Å². The van der Waals surface area contributed by atoms with Crippen molar-refractivity contribution in [2.45, 2.75) is 57.5 Å². The first-order valence-corrected chi connectivity index (χ1v) is 7.44. The molecule has 1 aromatic rings. The lowest BCUT2D eigenvalue weighted by molar-refractivity contribution is 0.266. The number of rotatable bonds is 7. The normalized spacial score (nSPS) is 17.6. The summed E-state index contributed by atoms with van der Waals surface area (Å²) in [5.41, 5.74) is 0.841. The molecular weight excluding hydrogens is 248 g/mol. The SMILES string of the molecule is CC(C)c1ccc(OCCC(C)(C#N)NC2CC2)cc1. The van der Waals surface area contributed by atoms with E-state index in [1.165, 1.54) is 18.4 Å². The highest BCUT2D eigenvalue weighted by atomic mass is 16.5. The van der Waals surface area contributed by atoms with Gasteiger partial charge in [0.05, 0.1) is 12.7 Å². The van der Waals surface area contributed by atoms with Crippen LogP contribution in [0.2, 0.25) is 0 Å². The number of nitrogens with one attached hydrogen (secondary N) is 1. The van der Waals surface area contributed by atoms with Crippen molar-refractivity contribution in [1.82, 2.24) is 5.32 Å². The minimum absolute atomic E-state index is 0.473. The van der Waals surface area contributed by atoms with Crippen molar-refractivity contribution in [2.75, 3.05) is 6.61 Å². The Bertz CT molecular complexity index is 471. The molecule has 1 aliphatic carbocycles. The number of nitrogens with zero attached hydrogens (tertiary/aromatic N) is 1. The average molecular weight is 272 g/mol. The van der Waals surface area contributed by atoms with Crippen LogP contribution in [0.3, 0.4) is 0 Å². The van der Waals surface area contributed by atoms with Crippen molar-refractivity contribution in [2.24, 2.45) is 0 Å². The molecule has 1 N–H and O–H groups in total. The van der Waals surface area contributed by atoms with E-state index in [4.69, 9.17) is 4.74 Å². The van der Waals surface area contributed by atoms with Crippen LogP contribution in [0.5, 0.6) is 5.75 Å². The summed E-state index contributed by atoms with van der Waals surface area (Å²) in [6.07, 6.45) is 3.08. The van der Waals surface area contributed by atoms with Gasteiger partial charge in [0.25, 0.3) is 0 Å². The second kappa shape index (κ2) is 6.28. The Morgan fingerprint density at radius 3 is 2.50 bits per heavy atom. The molecule has 1 aromatic carbocycles. The van der Waals surface area contributed by atoms with Crippen LogP contribution < -0.4 is 10.1 Å². The Labute approximate surface area is 121 Å². The van der Waals surface area contributed by atoms with Gasteiger partial charge in [-0.2, -0.15) is 5.26 Å². The molecule has 0 aromatic heterocycles. The maximum atomic E-state index is 9.29. The van der Waals surface area contributed by atoms with Crippen LogP contribution in [0.1, 0.15) is 51.5 Å². The lowest BCUT2D eigenvalue weighted by Gasteiger charge is -2.23. The molecule has 0 bridgehead atoms. The molecule has 1 atom stereocenters. The topological polar surface area (TPSA) is 45.0 Å². The van der Waals surface area contributed by atoms with E-state index in [-0.39, 0.29) is 0 Å². The van der Waals surface area contributed by atoms with Crippen LogP contribution in [-0.2, 0) is 0 Å². The lowest BCUT2D eigenvalue weighted by atomic mass is 10.0. The third-order valence-corrected chi connectivity index (χ3v) is 3.76. The molecule has 0 radical (unpaired) electrons. The Morgan fingerprint density at radius 2 is 2.00 bits per heavy atom. The first kappa shape index (κ1) is 14.9. The van der Waals surface area contributed by atoms with Crippen LogP contribution in [0, 0.1) is 11.3 Å². The predicted octanol–water partition coefficient (Wildman–Crippen LogP) is 3.61. The minimum atomic E-state index is -0.473. The Balaban J connectivity index is 1.81. The monoisotopic (exact) mass is 272 g/mol. The van der Waals surface area contributed by atoms with Crippen molar-refractivity contribution in [3.63, 3.8) is 0 Å². The molecule has 3 nitrogen and oxygen atoms in total. The zero-order valence-electron chi connectivity index (χ0n) is 12.6. The van der Waals surface area contributed by atoms with E-state index >= 15 is 0 Å². The highest BCUT2D eigenvalue weighted by Gasteiger charge is 2.32. The van der Waals surface area contributed by atoms with Crippen molar-refractivity contribution < 1.29 is 4.74 Å². The first-order valence-electron chi connectivity index (χ1n) is 7.44. The number of hydrogen-bond acceptors (Lipinski definition) is 3. The third kappa shape index (κ3) is 4.25. The smallest absolute Gasteiger partial charge is 0.119 e. The van der Waals surface area contributed by atoms with Crippen LogP contribution in [0.4, 0.5) is 0 Å². The first-order chi connectivity index (χ1) is 9.52. The van der Waals surface area contributed by atoms with Gasteiger partial charge in [-0.3, -0.25) is 5.32 Å². The second-order valence-corrected chi connectivity index (χ2v) is 6.18. The van der Waals surface area contributed by atoms with E-state index in [1.807, 2.05) is 19.1 Å². The van der Waals surface area contributed by atoms with E-state index in [0.717, 1.165) is 5.75 Å². The highest BCUT2D eigenvalue weighted by molar-refractivity contribution is 5.28. The molecule has 1 fully saturated rings. The predicted molar refractivity (Wildman–Crippen MR) is 80.8 cm³/mol. The van der Waals surface area contributed by atoms with Crippen molar-refractivity contribution in [3.8, 4) is 11.8 Å². The summed E-state index contributed by atoms with van der Waals surface area (Å²) in [6.45, 7) is 6.87. The molecule has 1 unspecified atom stereocenters. The molecule has 0 saturated heterocycles. The van der Waals surface area contributed by atoms with E-state index in [2.05, 4.69) is 37.4 Å². The molecule has 0 aliphatic heterocycles. The van der Waals surface area contributed by atoms with Crippen molar-refractivity contribution >= 4 is 0 Å². The van der Waals surface area contributed by atoms with Crippen molar-refractivity contribution in [3.05, 3.63) is 29.8 Å². The zero-order valence-corrected chi connectivity index (χ0v) is 12.6. The van der Waals surface area contributed by atoms with Gasteiger partial charge in [-0.15, -0.1) is 0 Å². The van der Waals surface area contributed by atoms with Crippen LogP contribution in [0.15, 0.2) is 24.3 Å². The summed E-state index contributed by atoms with van der Waals surface area (Å²) in [5.74, 6) is 1.41. The molecule has 3 heteroatoms. The molecule has 108 valence electrons. The quantitative estimate of drug-likeness (QED) is 0.824. The molecule has 1 aliphatic rings. The molecular formula is C17H24N2O. The van der Waals surface area contributed by atoms with Crippen LogP contribution in [0.25, 0.3) is 0 Å². The minimum Gasteiger partial charge on any atom is -0.493 e. The van der Waals surface area contributed by atoms with E-state index in [9.17, 15) is 5.26 Å². The standard InChI is InChI=1S/C17H24N2O/c1-13(2)14-4-8-16(9-5-14)20-11-10-17(3,12-18)19-15-6-7-15/h4-5,8-9,13,15,19H,6-7,10-11H2,1-3H3. The Morgan fingerprint density at radius 1 is 1.35 bits per heavy atom. The van der Waals surface area contributed by atoms with Gasteiger partial charge < -0.3 is 4.74 Å². The largest absolute Gasteiger partial charge is 0.493 e. The number of ether oxygens (including phenoxy) is 1. The molecule has 0 amide bonds. The van der Waals surface area contributed by atoms with Gasteiger partial charge in [0.1, 0.15) is 11.3 Å². The summed E-state index contributed by atoms with van der Waals surface area (Å²) >= 11 is 0. The fourth-order valence-electron chi connectivity index (χ4n) is 2.16. The highest BCUT2D eigenvalue weighted by Crippen LogP contribution is 2.24. The molecule has 20 heavy (non-hydrogen) atoms. The van der Waals surface area contributed by atoms with Gasteiger partial charge in [0.2, 0.25) is 0 Å². The maximum Gasteiger partial charge on any atom is 0.119 e. The zero-order chi connectivity index (χ0) is 14.6. The summed E-state index contributed by atoms with van der Waals surface area (Å²) in [6, 6.07) is 11.1. The molecule has 2 rings (SSSR count). The fraction of sp³-hybridized carbons (Fsp3) is 0.588. The maximum absolute atomic E-state index is 9.29. The summed E-state index contributed by atoms with van der Waals surface area (Å²) in [4.78, 5) is 0. The van der Waals surface area contributed by atoms with Gasteiger partial charge in [-0.1, -0.05) is 26.0 Å². The van der Waals surface area contributed by atoms with Gasteiger partial charge in [-0.05, 0) is 43.4 Å². The average Bonchev–Trinajstić information content (AvgIpc) is 3.23. The number of benzene rings is 1. The second-order valence-electron chi connectivity index (χ2n) is 6.18. The molecule has 0 heterocycles. The number of hydrogen-bond donors (Lipinski definition) is 1. The van der Waals surface area contributed by atoms with Gasteiger partial charge in [0.15, 0.2) is 0 Å². The summed E-state index contributed by atoms with van der Waals surface area (Å²) in [7, 11) is 0. The van der Waals surface area contributed by atoms with Crippen molar-refractivity contribution in [1.29, 1.82) is 5.26 Å². The van der Waals surface area contributed by atoms with Crippen LogP contribution in [-0.4, -0.2) is 18.2 Å². The Kier molecular flexibility index (Phi) is 4.67. The van der Waals surface area contributed by atoms with Gasteiger partial charge >= 0.3 is 0 Å².